The van der Waals surface area contributed by atoms with Crippen molar-refractivity contribution < 1.29 is 0 Å². The summed E-state index contributed by atoms with van der Waals surface area (Å²) in [6, 6.07) is 0.845. The lowest BCUT2D eigenvalue weighted by Crippen LogP contribution is -2.43. The van der Waals surface area contributed by atoms with Gasteiger partial charge < -0.3 is 10.6 Å². The van der Waals surface area contributed by atoms with Gasteiger partial charge in [0.2, 0.25) is 0 Å². The van der Waals surface area contributed by atoms with E-state index in [2.05, 4.69) is 17.6 Å². The van der Waals surface area contributed by atoms with E-state index in [-0.39, 0.29) is 0 Å². The van der Waals surface area contributed by atoms with Gasteiger partial charge in [0.05, 0.1) is 0 Å². The van der Waals surface area contributed by atoms with E-state index in [4.69, 9.17) is 0 Å². The molecule has 2 N–H and O–H groups in total. The molecular formula is C15H26N2. The van der Waals surface area contributed by atoms with Gasteiger partial charge in [-0.05, 0) is 70.3 Å². The minimum Gasteiger partial charge on any atom is -0.311 e. The molecule has 4 aliphatic rings. The summed E-state index contributed by atoms with van der Waals surface area (Å²) in [6.07, 6.45) is 11.6. The van der Waals surface area contributed by atoms with Gasteiger partial charge in [0.15, 0.2) is 0 Å². The summed E-state index contributed by atoms with van der Waals surface area (Å²) < 4.78 is 0. The second-order valence-electron chi connectivity index (χ2n) is 7.64. The topological polar surface area (TPSA) is 24.1 Å². The Kier molecular flexibility index (Phi) is 2.21. The molecule has 17 heavy (non-hydrogen) atoms. The lowest BCUT2D eigenvalue weighted by Gasteiger charge is -2.37. The smallest absolute Gasteiger partial charge is 0.0188 e. The quantitative estimate of drug-likeness (QED) is 0.767. The maximum Gasteiger partial charge on any atom is 0.0188 e. The zero-order valence-corrected chi connectivity index (χ0v) is 11.1. The number of rotatable bonds is 2. The molecular weight excluding hydrogens is 208 g/mol. The third kappa shape index (κ3) is 1.67. The number of nitrogens with one attached hydrogen (secondary N) is 2. The Hall–Kier alpha value is -0.0800. The Labute approximate surface area is 105 Å². The third-order valence-corrected chi connectivity index (χ3v) is 6.19. The van der Waals surface area contributed by atoms with E-state index in [9.17, 15) is 0 Å². The first-order valence-electron chi connectivity index (χ1n) is 7.69. The zero-order chi connectivity index (χ0) is 11.5. The van der Waals surface area contributed by atoms with Crippen LogP contribution < -0.4 is 10.6 Å². The van der Waals surface area contributed by atoms with Gasteiger partial charge in [-0.25, -0.2) is 0 Å². The first-order valence-corrected chi connectivity index (χ1v) is 7.69. The predicted molar refractivity (Wildman–Crippen MR) is 70.0 cm³/mol. The van der Waals surface area contributed by atoms with Crippen molar-refractivity contribution in [2.75, 3.05) is 6.54 Å². The van der Waals surface area contributed by atoms with Gasteiger partial charge >= 0.3 is 0 Å². The van der Waals surface area contributed by atoms with Crippen molar-refractivity contribution in [2.24, 2.45) is 11.8 Å². The summed E-state index contributed by atoms with van der Waals surface area (Å²) in [5.74, 6) is 1.96. The van der Waals surface area contributed by atoms with Gasteiger partial charge in [-0.2, -0.15) is 0 Å². The van der Waals surface area contributed by atoms with Crippen LogP contribution in [0, 0.1) is 11.8 Å². The highest BCUT2D eigenvalue weighted by molar-refractivity contribution is 5.10. The van der Waals surface area contributed by atoms with Crippen molar-refractivity contribution in [1.29, 1.82) is 0 Å². The van der Waals surface area contributed by atoms with Gasteiger partial charge in [-0.1, -0.05) is 6.42 Å². The lowest BCUT2D eigenvalue weighted by molar-refractivity contribution is 0.203. The number of hydrogen-bond donors (Lipinski definition) is 2. The molecule has 0 radical (unpaired) electrons. The zero-order valence-electron chi connectivity index (χ0n) is 11.1. The van der Waals surface area contributed by atoms with Crippen LogP contribution in [-0.2, 0) is 0 Å². The van der Waals surface area contributed by atoms with E-state index in [1.54, 1.807) is 0 Å². The monoisotopic (exact) mass is 234 g/mol. The second-order valence-corrected chi connectivity index (χ2v) is 7.64. The van der Waals surface area contributed by atoms with Gasteiger partial charge in [0.1, 0.15) is 0 Å². The fourth-order valence-corrected chi connectivity index (χ4v) is 5.46. The molecule has 2 nitrogen and oxygen atoms in total. The Morgan fingerprint density at radius 3 is 2.88 bits per heavy atom. The van der Waals surface area contributed by atoms with Crippen LogP contribution in [0.1, 0.15) is 58.3 Å². The lowest BCUT2D eigenvalue weighted by atomic mass is 9.71. The molecule has 5 atom stereocenters. The van der Waals surface area contributed by atoms with E-state index >= 15 is 0 Å². The highest BCUT2D eigenvalue weighted by atomic mass is 15.1. The normalized spacial score (nSPS) is 56.6. The fourth-order valence-electron chi connectivity index (χ4n) is 5.46. The van der Waals surface area contributed by atoms with Crippen LogP contribution in [0.4, 0.5) is 0 Å². The molecule has 4 bridgehead atoms. The SMILES string of the molecule is CC12CCC(N1)C(CC13CCCC(CN1)C3)C2. The molecule has 3 aliphatic heterocycles. The Morgan fingerprint density at radius 2 is 2.12 bits per heavy atom. The molecule has 4 fully saturated rings. The van der Waals surface area contributed by atoms with Crippen LogP contribution >= 0.6 is 0 Å². The van der Waals surface area contributed by atoms with Crippen LogP contribution in [0.15, 0.2) is 0 Å². The maximum absolute atomic E-state index is 3.90. The second kappa shape index (κ2) is 3.48. The summed E-state index contributed by atoms with van der Waals surface area (Å²) in [5.41, 5.74) is 1.05. The van der Waals surface area contributed by atoms with Crippen LogP contribution in [0.5, 0.6) is 0 Å². The minimum absolute atomic E-state index is 0.499. The van der Waals surface area contributed by atoms with Gasteiger partial charge in [-0.3, -0.25) is 0 Å². The van der Waals surface area contributed by atoms with E-state index in [1.165, 1.54) is 57.9 Å². The minimum atomic E-state index is 0.499. The Bertz CT molecular complexity index is 325. The van der Waals surface area contributed by atoms with Gasteiger partial charge in [-0.15, -0.1) is 0 Å². The fraction of sp³-hybridized carbons (Fsp3) is 1.00. The number of hydrogen-bond acceptors (Lipinski definition) is 2. The molecule has 0 aromatic heterocycles. The van der Waals surface area contributed by atoms with Crippen LogP contribution in [-0.4, -0.2) is 23.7 Å². The summed E-state index contributed by atoms with van der Waals surface area (Å²) in [6.45, 7) is 3.75. The van der Waals surface area contributed by atoms with E-state index < -0.39 is 0 Å². The highest BCUT2D eigenvalue weighted by Crippen LogP contribution is 2.48. The molecule has 96 valence electrons. The summed E-state index contributed by atoms with van der Waals surface area (Å²) in [5, 5.41) is 7.77. The summed E-state index contributed by atoms with van der Waals surface area (Å²) in [4.78, 5) is 0. The van der Waals surface area contributed by atoms with Crippen LogP contribution in [0.2, 0.25) is 0 Å². The van der Waals surface area contributed by atoms with Crippen molar-refractivity contribution >= 4 is 0 Å². The van der Waals surface area contributed by atoms with E-state index in [0.717, 1.165) is 17.9 Å². The Morgan fingerprint density at radius 1 is 1.18 bits per heavy atom. The van der Waals surface area contributed by atoms with Gasteiger partial charge in [0, 0.05) is 17.1 Å². The van der Waals surface area contributed by atoms with Gasteiger partial charge in [0.25, 0.3) is 0 Å². The molecule has 4 rings (SSSR count). The molecule has 3 saturated heterocycles. The molecule has 0 aromatic rings. The standard InChI is InChI=1S/C15H26N2/c1-14-6-4-13(17-14)12(8-14)9-15-5-2-3-11(7-15)10-16-15/h11-13,16-17H,2-10H2,1H3. The largest absolute Gasteiger partial charge is 0.311 e. The molecule has 1 aliphatic carbocycles. The summed E-state index contributed by atoms with van der Waals surface area (Å²) in [7, 11) is 0. The van der Waals surface area contributed by atoms with Crippen molar-refractivity contribution in [2.45, 2.75) is 75.4 Å². The van der Waals surface area contributed by atoms with Crippen LogP contribution in [0.25, 0.3) is 0 Å². The molecule has 0 spiro atoms. The first-order chi connectivity index (χ1) is 8.17. The highest BCUT2D eigenvalue weighted by Gasteiger charge is 2.51. The van der Waals surface area contributed by atoms with Crippen molar-refractivity contribution in [1.82, 2.24) is 10.6 Å². The number of fused-ring (bicyclic) bond motifs is 4. The molecule has 0 aromatic carbocycles. The van der Waals surface area contributed by atoms with E-state index in [1.807, 2.05) is 0 Å². The average Bonchev–Trinajstić information content (AvgIpc) is 2.90. The van der Waals surface area contributed by atoms with Crippen LogP contribution in [0.3, 0.4) is 0 Å². The molecule has 3 heterocycles. The Balaban J connectivity index is 1.48. The maximum atomic E-state index is 3.90. The molecule has 1 saturated carbocycles. The predicted octanol–water partition coefficient (Wildman–Crippen LogP) is 2.44. The third-order valence-electron chi connectivity index (χ3n) is 6.19. The summed E-state index contributed by atoms with van der Waals surface area (Å²) >= 11 is 0. The average molecular weight is 234 g/mol. The van der Waals surface area contributed by atoms with Crippen molar-refractivity contribution in [3.8, 4) is 0 Å². The van der Waals surface area contributed by atoms with Crippen molar-refractivity contribution in [3.63, 3.8) is 0 Å². The van der Waals surface area contributed by atoms with Crippen molar-refractivity contribution in [3.05, 3.63) is 0 Å². The molecule has 2 heteroatoms. The van der Waals surface area contributed by atoms with E-state index in [0.29, 0.717) is 11.1 Å². The molecule has 5 unspecified atom stereocenters. The first kappa shape index (κ1) is 10.8. The molecule has 0 amide bonds.